The zero-order valence-electron chi connectivity index (χ0n) is 17.2. The first kappa shape index (κ1) is 22.3. The molecule has 0 fully saturated rings. The highest BCUT2D eigenvalue weighted by atomic mass is 35.5. The van der Waals surface area contributed by atoms with Crippen LogP contribution in [0.1, 0.15) is 16.7 Å². The number of rotatable bonds is 8. The van der Waals surface area contributed by atoms with E-state index in [1.807, 2.05) is 60.7 Å². The number of halogens is 1. The molecule has 0 saturated heterocycles. The Hall–Kier alpha value is -2.89. The summed E-state index contributed by atoms with van der Waals surface area (Å²) in [5.41, 5.74) is 1.82. The van der Waals surface area contributed by atoms with E-state index in [4.69, 9.17) is 29.6 Å². The van der Waals surface area contributed by atoms with Gasteiger partial charge in [0.25, 0.3) is 0 Å². The molecule has 4 rings (SSSR count). The highest BCUT2D eigenvalue weighted by Gasteiger charge is 2.29. The molecule has 4 aromatic rings. The average molecular weight is 471 g/mol. The molecule has 0 bridgehead atoms. The summed E-state index contributed by atoms with van der Waals surface area (Å²) in [7, 11) is -4.03. The van der Waals surface area contributed by atoms with Crippen LogP contribution in [-0.2, 0) is 26.8 Å². The largest absolute Gasteiger partial charge is 0.530 e. The number of hydrogen-bond donors (Lipinski definition) is 0. The molecule has 0 spiro atoms. The predicted molar refractivity (Wildman–Crippen MR) is 123 cm³/mol. The Labute approximate surface area is 189 Å². The highest BCUT2D eigenvalue weighted by molar-refractivity contribution is 7.48. The molecule has 0 saturated carbocycles. The first-order chi connectivity index (χ1) is 15.4. The lowest BCUT2D eigenvalue weighted by Gasteiger charge is -2.19. The van der Waals surface area contributed by atoms with Gasteiger partial charge in [0.1, 0.15) is 16.4 Å². The van der Waals surface area contributed by atoms with Gasteiger partial charge >= 0.3 is 13.4 Å². The smallest absolute Gasteiger partial charge is 0.421 e. The van der Waals surface area contributed by atoms with Crippen molar-refractivity contribution < 1.29 is 22.6 Å². The van der Waals surface area contributed by atoms with Crippen LogP contribution in [0.15, 0.2) is 88.1 Å². The number of phosphoric ester groups is 1. The Morgan fingerprint density at radius 2 is 1.44 bits per heavy atom. The maximum absolute atomic E-state index is 13.5. The lowest BCUT2D eigenvalue weighted by Crippen LogP contribution is -2.04. The number of phosphoric acid groups is 1. The predicted octanol–water partition coefficient (Wildman–Crippen LogP) is 6.68. The van der Waals surface area contributed by atoms with E-state index in [2.05, 4.69) is 0 Å². The zero-order chi connectivity index (χ0) is 22.6. The van der Waals surface area contributed by atoms with Crippen molar-refractivity contribution in [2.24, 2.45) is 0 Å². The van der Waals surface area contributed by atoms with Gasteiger partial charge in [0.15, 0.2) is 0 Å². The van der Waals surface area contributed by atoms with Gasteiger partial charge in [-0.3, -0.25) is 9.05 Å². The molecule has 8 heteroatoms. The standard InChI is InChI=1S/C24H20ClO6P/c1-17-21-13-12-20(14-22(21)30-24(26)23(17)25)31-32(27,28-15-18-8-4-2-5-9-18)29-16-19-10-6-3-7-11-19/h2-14H,15-16H2,1H3. The second-order valence-electron chi connectivity index (χ2n) is 7.04. The Kier molecular flexibility index (Phi) is 6.77. The molecule has 0 aliphatic carbocycles. The zero-order valence-corrected chi connectivity index (χ0v) is 18.8. The normalized spacial score (nSPS) is 11.6. The molecule has 0 aliphatic heterocycles. The third kappa shape index (κ3) is 5.29. The highest BCUT2D eigenvalue weighted by Crippen LogP contribution is 2.51. The van der Waals surface area contributed by atoms with Gasteiger partial charge in [0, 0.05) is 11.5 Å². The van der Waals surface area contributed by atoms with Gasteiger partial charge in [-0.1, -0.05) is 72.3 Å². The van der Waals surface area contributed by atoms with Gasteiger partial charge in [-0.15, -0.1) is 0 Å². The maximum Gasteiger partial charge on any atom is 0.530 e. The van der Waals surface area contributed by atoms with Crippen molar-refractivity contribution in [3.05, 3.63) is 111 Å². The Balaban J connectivity index is 1.60. The van der Waals surface area contributed by atoms with Crippen LogP contribution >= 0.6 is 19.4 Å². The van der Waals surface area contributed by atoms with Gasteiger partial charge in [0.2, 0.25) is 0 Å². The van der Waals surface area contributed by atoms with Crippen molar-refractivity contribution >= 4 is 30.4 Å². The molecule has 1 heterocycles. The number of aryl methyl sites for hydroxylation is 1. The second-order valence-corrected chi connectivity index (χ2v) is 9.01. The number of benzene rings is 3. The van der Waals surface area contributed by atoms with E-state index < -0.39 is 13.4 Å². The average Bonchev–Trinajstić information content (AvgIpc) is 2.81. The quantitative estimate of drug-likeness (QED) is 0.211. The molecule has 3 aromatic carbocycles. The second kappa shape index (κ2) is 9.72. The van der Waals surface area contributed by atoms with Gasteiger partial charge in [0.05, 0.1) is 13.2 Å². The van der Waals surface area contributed by atoms with Crippen LogP contribution in [0.25, 0.3) is 11.0 Å². The molecule has 0 aliphatic rings. The molecule has 6 nitrogen and oxygen atoms in total. The van der Waals surface area contributed by atoms with Crippen molar-refractivity contribution in [3.8, 4) is 5.75 Å². The molecule has 0 amide bonds. The SMILES string of the molecule is Cc1c(Cl)c(=O)oc2cc(OP(=O)(OCc3ccccc3)OCc3ccccc3)ccc12. The minimum atomic E-state index is -4.03. The summed E-state index contributed by atoms with van der Waals surface area (Å²) in [6.07, 6.45) is 0. The summed E-state index contributed by atoms with van der Waals surface area (Å²) in [6.45, 7) is 1.79. The van der Waals surface area contributed by atoms with Gasteiger partial charge in [-0.25, -0.2) is 9.36 Å². The molecular weight excluding hydrogens is 451 g/mol. The lowest BCUT2D eigenvalue weighted by molar-refractivity contribution is 0.143. The van der Waals surface area contributed by atoms with Crippen LogP contribution < -0.4 is 10.1 Å². The third-order valence-electron chi connectivity index (χ3n) is 4.75. The molecule has 0 radical (unpaired) electrons. The van der Waals surface area contributed by atoms with E-state index in [-0.39, 0.29) is 29.6 Å². The van der Waals surface area contributed by atoms with Crippen LogP contribution in [0.5, 0.6) is 5.75 Å². The van der Waals surface area contributed by atoms with Gasteiger partial charge in [-0.05, 0) is 35.7 Å². The van der Waals surface area contributed by atoms with E-state index in [0.717, 1.165) is 11.1 Å². The maximum atomic E-state index is 13.5. The fraction of sp³-hybridized carbons (Fsp3) is 0.125. The summed E-state index contributed by atoms with van der Waals surface area (Å²) in [5.74, 6) is 0.173. The van der Waals surface area contributed by atoms with Crippen LogP contribution in [0, 0.1) is 6.92 Å². The molecule has 0 N–H and O–H groups in total. The van der Waals surface area contributed by atoms with Crippen molar-refractivity contribution in [2.45, 2.75) is 20.1 Å². The summed E-state index contributed by atoms with van der Waals surface area (Å²) in [6, 6.07) is 23.3. The van der Waals surface area contributed by atoms with Crippen LogP contribution in [0.3, 0.4) is 0 Å². The van der Waals surface area contributed by atoms with Crippen LogP contribution in [0.4, 0.5) is 0 Å². The lowest BCUT2D eigenvalue weighted by atomic mass is 10.1. The van der Waals surface area contributed by atoms with E-state index in [1.165, 1.54) is 6.07 Å². The Morgan fingerprint density at radius 3 is 2.00 bits per heavy atom. The summed E-state index contributed by atoms with van der Waals surface area (Å²) in [4.78, 5) is 11.9. The summed E-state index contributed by atoms with van der Waals surface area (Å²) < 4.78 is 35.6. The van der Waals surface area contributed by atoms with E-state index in [0.29, 0.717) is 10.9 Å². The number of hydrogen-bond acceptors (Lipinski definition) is 6. The third-order valence-corrected chi connectivity index (χ3v) is 6.51. The minimum Gasteiger partial charge on any atom is -0.421 e. The monoisotopic (exact) mass is 470 g/mol. The first-order valence-electron chi connectivity index (χ1n) is 9.83. The Bertz CT molecular complexity index is 1270. The molecule has 0 unspecified atom stereocenters. The molecule has 164 valence electrons. The summed E-state index contributed by atoms with van der Waals surface area (Å²) >= 11 is 5.98. The van der Waals surface area contributed by atoms with E-state index in [1.54, 1.807) is 19.1 Å². The van der Waals surface area contributed by atoms with Crippen LogP contribution in [-0.4, -0.2) is 0 Å². The van der Waals surface area contributed by atoms with Crippen molar-refractivity contribution in [1.29, 1.82) is 0 Å². The van der Waals surface area contributed by atoms with E-state index >= 15 is 0 Å². The first-order valence-corrected chi connectivity index (χ1v) is 11.7. The fourth-order valence-electron chi connectivity index (χ4n) is 3.04. The molecular formula is C24H20ClO6P. The Morgan fingerprint density at radius 1 is 0.875 bits per heavy atom. The number of fused-ring (bicyclic) bond motifs is 1. The topological polar surface area (TPSA) is 75.0 Å². The minimum absolute atomic E-state index is 0.0224. The van der Waals surface area contributed by atoms with Gasteiger partial charge in [-0.2, -0.15) is 0 Å². The van der Waals surface area contributed by atoms with E-state index in [9.17, 15) is 9.36 Å². The van der Waals surface area contributed by atoms with Crippen molar-refractivity contribution in [2.75, 3.05) is 0 Å². The van der Waals surface area contributed by atoms with Crippen molar-refractivity contribution in [3.63, 3.8) is 0 Å². The summed E-state index contributed by atoms with van der Waals surface area (Å²) in [5, 5.41) is 0.668. The van der Waals surface area contributed by atoms with Crippen molar-refractivity contribution in [1.82, 2.24) is 0 Å². The molecule has 0 atom stereocenters. The molecule has 32 heavy (non-hydrogen) atoms. The van der Waals surface area contributed by atoms with Crippen LogP contribution in [0.2, 0.25) is 5.02 Å². The van der Waals surface area contributed by atoms with Gasteiger partial charge < -0.3 is 8.94 Å². The fourth-order valence-corrected chi connectivity index (χ4v) is 4.35. The molecule has 1 aromatic heterocycles.